The molecular formula is C17H20F3NO. The van der Waals surface area contributed by atoms with Crippen molar-refractivity contribution in [3.8, 4) is 6.07 Å². The smallest absolute Gasteiger partial charge is 0.380 e. The van der Waals surface area contributed by atoms with Crippen LogP contribution in [0.2, 0.25) is 0 Å². The zero-order valence-electron chi connectivity index (χ0n) is 12.7. The van der Waals surface area contributed by atoms with Gasteiger partial charge in [-0.25, -0.2) is 0 Å². The Morgan fingerprint density at radius 2 is 1.82 bits per heavy atom. The van der Waals surface area contributed by atoms with E-state index in [4.69, 9.17) is 5.26 Å². The summed E-state index contributed by atoms with van der Waals surface area (Å²) >= 11 is 0. The molecule has 0 amide bonds. The third-order valence-electron chi connectivity index (χ3n) is 4.91. The molecule has 0 heterocycles. The Balaban J connectivity index is 2.35. The Morgan fingerprint density at radius 3 is 2.32 bits per heavy atom. The number of rotatable bonds is 2. The second kappa shape index (κ2) is 5.58. The SMILES string of the molecule is CC1(C)CCCC(O)(C(F)(F)F)C1Cc1ccc(C#N)cc1. The molecular weight excluding hydrogens is 291 g/mol. The van der Waals surface area contributed by atoms with Gasteiger partial charge in [-0.3, -0.25) is 0 Å². The van der Waals surface area contributed by atoms with Crippen molar-refractivity contribution in [1.82, 2.24) is 0 Å². The first-order valence-corrected chi connectivity index (χ1v) is 7.38. The largest absolute Gasteiger partial charge is 0.417 e. The molecule has 2 unspecified atom stereocenters. The fourth-order valence-corrected chi connectivity index (χ4v) is 3.54. The number of alkyl halides is 3. The van der Waals surface area contributed by atoms with Crippen LogP contribution in [0.25, 0.3) is 0 Å². The topological polar surface area (TPSA) is 44.0 Å². The fraction of sp³-hybridized carbons (Fsp3) is 0.588. The molecule has 1 aromatic carbocycles. The van der Waals surface area contributed by atoms with E-state index in [0.717, 1.165) is 0 Å². The number of halogens is 3. The van der Waals surface area contributed by atoms with E-state index >= 15 is 0 Å². The van der Waals surface area contributed by atoms with Gasteiger partial charge in [0.2, 0.25) is 0 Å². The lowest BCUT2D eigenvalue weighted by atomic mass is 9.59. The molecule has 1 fully saturated rings. The van der Waals surface area contributed by atoms with Crippen LogP contribution in [-0.2, 0) is 6.42 Å². The molecule has 5 heteroatoms. The molecule has 0 aromatic heterocycles. The monoisotopic (exact) mass is 311 g/mol. The number of nitriles is 1. The van der Waals surface area contributed by atoms with Gasteiger partial charge in [-0.1, -0.05) is 26.0 Å². The van der Waals surface area contributed by atoms with Crippen LogP contribution in [0.5, 0.6) is 0 Å². The van der Waals surface area contributed by atoms with E-state index in [1.54, 1.807) is 38.1 Å². The van der Waals surface area contributed by atoms with Crippen LogP contribution in [0.3, 0.4) is 0 Å². The third-order valence-corrected chi connectivity index (χ3v) is 4.91. The zero-order valence-corrected chi connectivity index (χ0v) is 12.7. The van der Waals surface area contributed by atoms with Gasteiger partial charge in [0.15, 0.2) is 5.60 Å². The Hall–Kier alpha value is -1.54. The molecule has 120 valence electrons. The molecule has 0 saturated heterocycles. The lowest BCUT2D eigenvalue weighted by molar-refractivity contribution is -0.302. The van der Waals surface area contributed by atoms with E-state index in [1.165, 1.54) is 0 Å². The van der Waals surface area contributed by atoms with Crippen LogP contribution in [0, 0.1) is 22.7 Å². The van der Waals surface area contributed by atoms with Crippen molar-refractivity contribution in [1.29, 1.82) is 5.26 Å². The van der Waals surface area contributed by atoms with Crippen LogP contribution in [0.4, 0.5) is 13.2 Å². The standard InChI is InChI=1S/C17H20F3NO/c1-15(2)8-3-9-16(22,17(18,19)20)14(15)10-12-4-6-13(11-21)7-5-12/h4-7,14,22H,3,8-10H2,1-2H3. The summed E-state index contributed by atoms with van der Waals surface area (Å²) in [5, 5.41) is 19.2. The summed E-state index contributed by atoms with van der Waals surface area (Å²) in [4.78, 5) is 0. The van der Waals surface area contributed by atoms with Crippen molar-refractivity contribution in [2.24, 2.45) is 11.3 Å². The highest BCUT2D eigenvalue weighted by atomic mass is 19.4. The Bertz CT molecular complexity index is 571. The quantitative estimate of drug-likeness (QED) is 0.888. The lowest BCUT2D eigenvalue weighted by Gasteiger charge is -2.50. The zero-order chi connectivity index (χ0) is 16.6. The summed E-state index contributed by atoms with van der Waals surface area (Å²) in [5.74, 6) is -0.901. The molecule has 1 saturated carbocycles. The highest BCUT2D eigenvalue weighted by molar-refractivity contribution is 5.32. The Kier molecular flexibility index (Phi) is 4.27. The molecule has 1 N–H and O–H groups in total. The highest BCUT2D eigenvalue weighted by Crippen LogP contribution is 2.53. The van der Waals surface area contributed by atoms with Gasteiger partial charge in [-0.15, -0.1) is 0 Å². The van der Waals surface area contributed by atoms with E-state index in [9.17, 15) is 18.3 Å². The maximum absolute atomic E-state index is 13.4. The van der Waals surface area contributed by atoms with Crippen molar-refractivity contribution in [3.63, 3.8) is 0 Å². The second-order valence-electron chi connectivity index (χ2n) is 6.83. The number of hydrogen-bond donors (Lipinski definition) is 1. The average Bonchev–Trinajstić information content (AvgIpc) is 2.42. The van der Waals surface area contributed by atoms with E-state index in [-0.39, 0.29) is 12.8 Å². The summed E-state index contributed by atoms with van der Waals surface area (Å²) in [5.41, 5.74) is -2.07. The fourth-order valence-electron chi connectivity index (χ4n) is 3.54. The number of nitrogens with zero attached hydrogens (tertiary/aromatic N) is 1. The molecule has 0 spiro atoms. The highest BCUT2D eigenvalue weighted by Gasteiger charge is 2.62. The first-order valence-electron chi connectivity index (χ1n) is 7.38. The van der Waals surface area contributed by atoms with Crippen LogP contribution in [0.1, 0.15) is 44.2 Å². The van der Waals surface area contributed by atoms with Gasteiger partial charge in [0.1, 0.15) is 0 Å². The van der Waals surface area contributed by atoms with E-state index < -0.39 is 23.1 Å². The summed E-state index contributed by atoms with van der Waals surface area (Å²) < 4.78 is 40.3. The summed E-state index contributed by atoms with van der Waals surface area (Å²) in [6.07, 6.45) is -3.71. The molecule has 2 nitrogen and oxygen atoms in total. The third kappa shape index (κ3) is 2.98. The van der Waals surface area contributed by atoms with Crippen molar-refractivity contribution >= 4 is 0 Å². The van der Waals surface area contributed by atoms with Crippen molar-refractivity contribution in [2.75, 3.05) is 0 Å². The minimum absolute atomic E-state index is 0.148. The molecule has 22 heavy (non-hydrogen) atoms. The predicted octanol–water partition coefficient (Wildman–Crippen LogP) is 4.22. The van der Waals surface area contributed by atoms with Crippen molar-refractivity contribution in [3.05, 3.63) is 35.4 Å². The summed E-state index contributed by atoms with van der Waals surface area (Å²) in [7, 11) is 0. The molecule has 2 atom stereocenters. The minimum atomic E-state index is -4.64. The second-order valence-corrected chi connectivity index (χ2v) is 6.83. The van der Waals surface area contributed by atoms with E-state index in [0.29, 0.717) is 24.0 Å². The van der Waals surface area contributed by atoms with Gasteiger partial charge < -0.3 is 5.11 Å². The molecule has 0 bridgehead atoms. The summed E-state index contributed by atoms with van der Waals surface area (Å²) in [6.45, 7) is 3.58. The van der Waals surface area contributed by atoms with Crippen LogP contribution < -0.4 is 0 Å². The predicted molar refractivity (Wildman–Crippen MR) is 77.0 cm³/mol. The van der Waals surface area contributed by atoms with Crippen LogP contribution in [-0.4, -0.2) is 16.9 Å². The number of hydrogen-bond acceptors (Lipinski definition) is 2. The van der Waals surface area contributed by atoms with Gasteiger partial charge in [0.25, 0.3) is 0 Å². The number of benzene rings is 1. The maximum Gasteiger partial charge on any atom is 0.417 e. The first-order chi connectivity index (χ1) is 10.1. The van der Waals surface area contributed by atoms with E-state index in [2.05, 4.69) is 0 Å². The Labute approximate surface area is 128 Å². The molecule has 1 aliphatic carbocycles. The molecule has 1 aromatic rings. The maximum atomic E-state index is 13.4. The molecule has 2 rings (SSSR count). The van der Waals surface area contributed by atoms with Gasteiger partial charge >= 0.3 is 6.18 Å². The average molecular weight is 311 g/mol. The summed E-state index contributed by atoms with van der Waals surface area (Å²) in [6, 6.07) is 8.51. The molecule has 0 aliphatic heterocycles. The Morgan fingerprint density at radius 1 is 1.23 bits per heavy atom. The van der Waals surface area contributed by atoms with Gasteiger partial charge in [0, 0.05) is 5.92 Å². The first kappa shape index (κ1) is 16.8. The lowest BCUT2D eigenvalue weighted by Crippen LogP contribution is -2.58. The number of aliphatic hydroxyl groups is 1. The van der Waals surface area contributed by atoms with Gasteiger partial charge in [0.05, 0.1) is 11.6 Å². The van der Waals surface area contributed by atoms with Crippen molar-refractivity contribution in [2.45, 2.75) is 51.3 Å². The normalized spacial score (nSPS) is 28.1. The van der Waals surface area contributed by atoms with Crippen LogP contribution >= 0.6 is 0 Å². The molecule has 1 aliphatic rings. The van der Waals surface area contributed by atoms with Crippen LogP contribution in [0.15, 0.2) is 24.3 Å². The van der Waals surface area contributed by atoms with Gasteiger partial charge in [-0.05, 0) is 48.8 Å². The van der Waals surface area contributed by atoms with E-state index in [1.807, 2.05) is 6.07 Å². The van der Waals surface area contributed by atoms with Gasteiger partial charge in [-0.2, -0.15) is 18.4 Å². The van der Waals surface area contributed by atoms with Crippen molar-refractivity contribution < 1.29 is 18.3 Å². The molecule has 0 radical (unpaired) electrons. The minimum Gasteiger partial charge on any atom is -0.380 e.